The molecule has 2 aromatic heterocycles. The average Bonchev–Trinajstić information content (AvgIpc) is 3.32. The van der Waals surface area contributed by atoms with E-state index in [0.29, 0.717) is 0 Å². The predicted molar refractivity (Wildman–Crippen MR) is 110 cm³/mol. The van der Waals surface area contributed by atoms with Gasteiger partial charge in [0.15, 0.2) is 0 Å². The van der Waals surface area contributed by atoms with E-state index in [4.69, 9.17) is 0 Å². The molecule has 6 heteroatoms. The van der Waals surface area contributed by atoms with Crippen molar-refractivity contribution in [3.05, 3.63) is 66.0 Å². The van der Waals surface area contributed by atoms with Crippen molar-refractivity contribution in [1.82, 2.24) is 20.6 Å². The van der Waals surface area contributed by atoms with E-state index in [1.165, 1.54) is 28.1 Å². The van der Waals surface area contributed by atoms with Crippen LogP contribution in [0.5, 0.6) is 0 Å². The Morgan fingerprint density at radius 3 is 2.63 bits per heavy atom. The molecule has 27 heavy (non-hydrogen) atoms. The second-order valence-corrected chi connectivity index (χ2v) is 7.47. The maximum atomic E-state index is 13.4. The molecule has 0 aliphatic rings. The lowest BCUT2D eigenvalue weighted by Gasteiger charge is -2.05. The Labute approximate surface area is 161 Å². The first-order valence-electron chi connectivity index (χ1n) is 8.93. The molecule has 0 spiro atoms. The fourth-order valence-corrected chi connectivity index (χ4v) is 3.91. The predicted octanol–water partition coefficient (Wildman–Crippen LogP) is 4.41. The molecule has 0 unspecified atom stereocenters. The molecule has 4 rings (SSSR count). The highest BCUT2D eigenvalue weighted by Gasteiger charge is 2.10. The lowest BCUT2D eigenvalue weighted by molar-refractivity contribution is 0.629. The van der Waals surface area contributed by atoms with Gasteiger partial charge < -0.3 is 15.6 Å². The Kier molecular flexibility index (Phi) is 5.29. The number of benzene rings is 2. The number of fused-ring (bicyclic) bond motifs is 1. The van der Waals surface area contributed by atoms with Crippen LogP contribution in [0.3, 0.4) is 0 Å². The van der Waals surface area contributed by atoms with Crippen LogP contribution < -0.4 is 10.6 Å². The molecule has 4 nitrogen and oxygen atoms in total. The zero-order valence-electron chi connectivity index (χ0n) is 15.1. The van der Waals surface area contributed by atoms with E-state index in [-0.39, 0.29) is 5.82 Å². The van der Waals surface area contributed by atoms with E-state index in [1.54, 1.807) is 17.4 Å². The summed E-state index contributed by atoms with van der Waals surface area (Å²) in [6.07, 6.45) is 0. The maximum Gasteiger partial charge on any atom is 0.148 e. The molecule has 4 aromatic rings. The molecule has 0 fully saturated rings. The zero-order chi connectivity index (χ0) is 18.6. The van der Waals surface area contributed by atoms with Gasteiger partial charge in [0.1, 0.15) is 11.6 Å². The highest BCUT2D eigenvalue weighted by atomic mass is 32.1. The van der Waals surface area contributed by atoms with Crippen LogP contribution in [0, 0.1) is 5.82 Å². The van der Waals surface area contributed by atoms with Gasteiger partial charge in [-0.25, -0.2) is 9.37 Å². The van der Waals surface area contributed by atoms with Crippen LogP contribution in [0.4, 0.5) is 4.39 Å². The van der Waals surface area contributed by atoms with Crippen LogP contribution in [0.25, 0.3) is 32.2 Å². The Morgan fingerprint density at radius 1 is 1.00 bits per heavy atom. The van der Waals surface area contributed by atoms with E-state index >= 15 is 0 Å². The smallest absolute Gasteiger partial charge is 0.148 e. The van der Waals surface area contributed by atoms with Crippen molar-refractivity contribution >= 4 is 22.4 Å². The first-order valence-corrected chi connectivity index (χ1v) is 9.75. The number of aromatic nitrogens is 2. The summed E-state index contributed by atoms with van der Waals surface area (Å²) in [5, 5.41) is 6.53. The SMILES string of the molecule is CNCCNCc1ccc(-c2ccc(-c3nc4ccc(F)cc4[nH]3)s2)cc1. The topological polar surface area (TPSA) is 52.7 Å². The van der Waals surface area contributed by atoms with Crippen molar-refractivity contribution < 1.29 is 4.39 Å². The summed E-state index contributed by atoms with van der Waals surface area (Å²) in [5.41, 5.74) is 3.95. The lowest BCUT2D eigenvalue weighted by Crippen LogP contribution is -2.24. The van der Waals surface area contributed by atoms with Crippen molar-refractivity contribution in [2.24, 2.45) is 0 Å². The number of imidazole rings is 1. The maximum absolute atomic E-state index is 13.4. The minimum Gasteiger partial charge on any atom is -0.337 e. The van der Waals surface area contributed by atoms with Gasteiger partial charge in [0.05, 0.1) is 15.9 Å². The molecule has 0 aliphatic heterocycles. The molecule has 3 N–H and O–H groups in total. The number of likely N-dealkylation sites (N-methyl/N-ethyl adjacent to an activating group) is 1. The third kappa shape index (κ3) is 4.08. The minimum absolute atomic E-state index is 0.259. The summed E-state index contributed by atoms with van der Waals surface area (Å²) >= 11 is 1.68. The molecule has 0 saturated heterocycles. The summed E-state index contributed by atoms with van der Waals surface area (Å²) in [6.45, 7) is 2.78. The Hall–Kier alpha value is -2.54. The number of hydrogen-bond acceptors (Lipinski definition) is 4. The molecule has 0 radical (unpaired) electrons. The van der Waals surface area contributed by atoms with E-state index in [9.17, 15) is 4.39 Å². The minimum atomic E-state index is -0.259. The fraction of sp³-hybridized carbons (Fsp3) is 0.190. The average molecular weight is 380 g/mol. The van der Waals surface area contributed by atoms with E-state index in [2.05, 4.69) is 57.0 Å². The van der Waals surface area contributed by atoms with Crippen molar-refractivity contribution in [2.75, 3.05) is 20.1 Å². The molecule has 0 bridgehead atoms. The third-order valence-electron chi connectivity index (χ3n) is 4.40. The summed E-state index contributed by atoms with van der Waals surface area (Å²) < 4.78 is 13.4. The van der Waals surface area contributed by atoms with Crippen molar-refractivity contribution in [3.63, 3.8) is 0 Å². The van der Waals surface area contributed by atoms with Crippen LogP contribution in [0.1, 0.15) is 5.56 Å². The van der Waals surface area contributed by atoms with E-state index in [1.807, 2.05) is 7.05 Å². The van der Waals surface area contributed by atoms with Crippen LogP contribution >= 0.6 is 11.3 Å². The van der Waals surface area contributed by atoms with E-state index in [0.717, 1.165) is 41.4 Å². The number of aromatic amines is 1. The van der Waals surface area contributed by atoms with Gasteiger partial charge >= 0.3 is 0 Å². The number of H-pyrrole nitrogens is 1. The first-order chi connectivity index (χ1) is 13.2. The van der Waals surface area contributed by atoms with Gasteiger partial charge in [-0.1, -0.05) is 24.3 Å². The number of thiophene rings is 1. The lowest BCUT2D eigenvalue weighted by atomic mass is 10.1. The van der Waals surface area contributed by atoms with Gasteiger partial charge in [0.2, 0.25) is 0 Å². The molecule has 0 atom stereocenters. The largest absolute Gasteiger partial charge is 0.337 e. The van der Waals surface area contributed by atoms with Crippen molar-refractivity contribution in [3.8, 4) is 21.1 Å². The quantitative estimate of drug-likeness (QED) is 0.416. The molecule has 0 amide bonds. The standard InChI is InChI=1S/C21H21FN4S/c1-23-10-11-24-13-14-2-4-15(5-3-14)19-8-9-20(27-19)21-25-17-7-6-16(22)12-18(17)26-21/h2-9,12,23-24H,10-11,13H2,1H3,(H,25,26). The highest BCUT2D eigenvalue weighted by Crippen LogP contribution is 2.34. The summed E-state index contributed by atoms with van der Waals surface area (Å²) in [4.78, 5) is 10.0. The second kappa shape index (κ2) is 8.00. The number of nitrogens with one attached hydrogen (secondary N) is 3. The second-order valence-electron chi connectivity index (χ2n) is 6.39. The molecule has 138 valence electrons. The third-order valence-corrected chi connectivity index (χ3v) is 5.54. The van der Waals surface area contributed by atoms with Gasteiger partial charge in [0, 0.05) is 24.5 Å². The van der Waals surface area contributed by atoms with Gasteiger partial charge in [-0.05, 0) is 48.5 Å². The summed E-state index contributed by atoms with van der Waals surface area (Å²) in [5.74, 6) is 0.516. The normalized spacial score (nSPS) is 11.3. The summed E-state index contributed by atoms with van der Waals surface area (Å²) in [6, 6.07) is 17.4. The van der Waals surface area contributed by atoms with Crippen LogP contribution in [-0.4, -0.2) is 30.1 Å². The van der Waals surface area contributed by atoms with E-state index < -0.39 is 0 Å². The van der Waals surface area contributed by atoms with Crippen LogP contribution in [0.15, 0.2) is 54.6 Å². The number of hydrogen-bond donors (Lipinski definition) is 3. The Bertz CT molecular complexity index is 1040. The molecular weight excluding hydrogens is 359 g/mol. The van der Waals surface area contributed by atoms with Crippen LogP contribution in [0.2, 0.25) is 0 Å². The van der Waals surface area contributed by atoms with Crippen molar-refractivity contribution in [2.45, 2.75) is 6.54 Å². The van der Waals surface area contributed by atoms with Crippen molar-refractivity contribution in [1.29, 1.82) is 0 Å². The zero-order valence-corrected chi connectivity index (χ0v) is 15.9. The van der Waals surface area contributed by atoms with Gasteiger partial charge in [0.25, 0.3) is 0 Å². The number of halogens is 1. The molecule has 2 heterocycles. The van der Waals surface area contributed by atoms with Gasteiger partial charge in [-0.15, -0.1) is 11.3 Å². The monoisotopic (exact) mass is 380 g/mol. The number of nitrogens with zero attached hydrogens (tertiary/aromatic N) is 1. The van der Waals surface area contributed by atoms with Crippen LogP contribution in [-0.2, 0) is 6.54 Å². The molecule has 0 saturated carbocycles. The first kappa shape index (κ1) is 17.9. The number of rotatable bonds is 7. The Balaban J connectivity index is 1.49. The molecular formula is C21H21FN4S. The molecule has 2 aromatic carbocycles. The fourth-order valence-electron chi connectivity index (χ4n) is 2.95. The van der Waals surface area contributed by atoms with Gasteiger partial charge in [-0.2, -0.15) is 0 Å². The summed E-state index contributed by atoms with van der Waals surface area (Å²) in [7, 11) is 1.95. The Morgan fingerprint density at radius 2 is 1.81 bits per heavy atom. The van der Waals surface area contributed by atoms with Gasteiger partial charge in [-0.3, -0.25) is 0 Å². The highest BCUT2D eigenvalue weighted by molar-refractivity contribution is 7.18. The molecule has 0 aliphatic carbocycles.